The molecule has 1 aliphatic rings. The highest BCUT2D eigenvalue weighted by Gasteiger charge is 2.19. The molecule has 0 saturated heterocycles. The number of Topliss-reactive ketones (excluding diaryl/α,β-unsaturated/α-hetero) is 1. The zero-order chi connectivity index (χ0) is 18.9. The van der Waals surface area contributed by atoms with Crippen molar-refractivity contribution in [3.63, 3.8) is 0 Å². The number of carbonyl (C=O) groups is 2. The molecule has 0 radical (unpaired) electrons. The summed E-state index contributed by atoms with van der Waals surface area (Å²) in [4.78, 5) is 33.0. The number of amides is 1. The lowest BCUT2D eigenvalue weighted by Gasteiger charge is -2.16. The number of fused-ring (bicyclic) bond motifs is 1. The van der Waals surface area contributed by atoms with E-state index in [1.807, 2.05) is 0 Å². The first-order valence-corrected chi connectivity index (χ1v) is 7.72. The summed E-state index contributed by atoms with van der Waals surface area (Å²) >= 11 is 0. The number of hydrogen-bond acceptors (Lipinski definition) is 6. The molecule has 7 nitrogen and oxygen atoms in total. The fraction of sp³-hybridized carbons (Fsp3) is 0.158. The molecule has 0 spiro atoms. The van der Waals surface area contributed by atoms with Crippen LogP contribution in [0.1, 0.15) is 20.7 Å². The molecule has 3 rings (SSSR count). The van der Waals surface area contributed by atoms with Crippen LogP contribution >= 0.6 is 0 Å². The smallest absolute Gasteiger partial charge is 0.254 e. The van der Waals surface area contributed by atoms with Crippen LogP contribution in [-0.2, 0) is 0 Å². The first-order chi connectivity index (χ1) is 12.6. The quantitative estimate of drug-likeness (QED) is 0.610. The van der Waals surface area contributed by atoms with E-state index < -0.39 is 0 Å². The molecule has 0 aliphatic carbocycles. The molecule has 2 heterocycles. The maximum atomic E-state index is 12.3. The van der Waals surface area contributed by atoms with Crippen molar-refractivity contribution >= 4 is 18.4 Å². The molecule has 26 heavy (non-hydrogen) atoms. The second-order valence-electron chi connectivity index (χ2n) is 5.25. The van der Waals surface area contributed by atoms with Gasteiger partial charge in [0.15, 0.2) is 17.3 Å². The highest BCUT2D eigenvalue weighted by atomic mass is 16.7. The zero-order valence-electron chi connectivity index (χ0n) is 14.4. The van der Waals surface area contributed by atoms with Crippen LogP contribution in [0.2, 0.25) is 0 Å². The lowest BCUT2D eigenvalue weighted by molar-refractivity contribution is 0.0747. The Morgan fingerprint density at radius 3 is 2.50 bits per heavy atom. The summed E-state index contributed by atoms with van der Waals surface area (Å²) < 4.78 is 10.5. The van der Waals surface area contributed by atoms with Crippen LogP contribution in [0.25, 0.3) is 0 Å². The van der Waals surface area contributed by atoms with Crippen LogP contribution in [0.5, 0.6) is 11.5 Å². The lowest BCUT2D eigenvalue weighted by Crippen LogP contribution is -2.32. The molecule has 1 aromatic heterocycles. The molecular weight excluding hydrogens is 334 g/mol. The van der Waals surface area contributed by atoms with E-state index in [9.17, 15) is 9.59 Å². The minimum absolute atomic E-state index is 0.0131. The fourth-order valence-corrected chi connectivity index (χ4v) is 2.16. The summed E-state index contributed by atoms with van der Waals surface area (Å²) in [5.41, 5.74) is 0.981. The van der Waals surface area contributed by atoms with Gasteiger partial charge in [0.05, 0.1) is 6.54 Å². The monoisotopic (exact) mass is 353 g/mol. The molecule has 1 amide bonds. The van der Waals surface area contributed by atoms with E-state index in [-0.39, 0.29) is 25.0 Å². The van der Waals surface area contributed by atoms with E-state index in [2.05, 4.69) is 23.3 Å². The third-order valence-electron chi connectivity index (χ3n) is 3.48. The number of nitrogens with zero attached hydrogens (tertiary/aromatic N) is 3. The first kappa shape index (κ1) is 18.9. The molecule has 1 aromatic carbocycles. The van der Waals surface area contributed by atoms with Crippen molar-refractivity contribution in [2.24, 2.45) is 4.99 Å². The molecule has 0 fully saturated rings. The fourth-order valence-electron chi connectivity index (χ4n) is 2.16. The van der Waals surface area contributed by atoms with Crippen molar-refractivity contribution in [3.8, 4) is 11.5 Å². The Morgan fingerprint density at radius 2 is 1.85 bits per heavy atom. The third kappa shape index (κ3) is 4.76. The molecule has 0 N–H and O–H groups in total. The first-order valence-electron chi connectivity index (χ1n) is 7.72. The second-order valence-corrected chi connectivity index (χ2v) is 5.25. The van der Waals surface area contributed by atoms with E-state index >= 15 is 0 Å². The molecule has 134 valence electrons. The topological polar surface area (TPSA) is 81.1 Å². The minimum Gasteiger partial charge on any atom is -0.454 e. The predicted molar refractivity (Wildman–Crippen MR) is 97.8 cm³/mol. The SMILES string of the molecule is C=CN=C.CN(CC(=O)c1ccc2c(c1)OCO2)C(=O)c1ccncc1. The van der Waals surface area contributed by atoms with Gasteiger partial charge in [0.2, 0.25) is 6.79 Å². The van der Waals surface area contributed by atoms with Gasteiger partial charge in [0, 0.05) is 36.8 Å². The second kappa shape index (κ2) is 9.12. The number of carbonyl (C=O) groups excluding carboxylic acids is 2. The molecule has 0 saturated carbocycles. The van der Waals surface area contributed by atoms with E-state index in [0.717, 1.165) is 0 Å². The van der Waals surface area contributed by atoms with Crippen LogP contribution in [0, 0.1) is 0 Å². The van der Waals surface area contributed by atoms with Gasteiger partial charge in [-0.3, -0.25) is 19.6 Å². The average molecular weight is 353 g/mol. The Bertz CT molecular complexity index is 800. The van der Waals surface area contributed by atoms with Crippen molar-refractivity contribution in [1.29, 1.82) is 0 Å². The van der Waals surface area contributed by atoms with Gasteiger partial charge >= 0.3 is 0 Å². The van der Waals surface area contributed by atoms with Crippen molar-refractivity contribution in [2.75, 3.05) is 20.4 Å². The van der Waals surface area contributed by atoms with Gasteiger partial charge in [-0.2, -0.15) is 0 Å². The highest BCUT2D eigenvalue weighted by molar-refractivity contribution is 6.02. The molecule has 7 heteroatoms. The number of likely N-dealkylation sites (N-methyl/N-ethyl adjacent to an activating group) is 1. The standard InChI is InChI=1S/C16H14N2O4.C3H5N/c1-18(16(20)11-4-6-17-7-5-11)9-13(19)12-2-3-14-15(8-12)22-10-21-14;1-3-4-2/h2-8H,9-10H2,1H3;3H,1-2H2. The van der Waals surface area contributed by atoms with E-state index in [4.69, 9.17) is 9.47 Å². The molecular formula is C19H19N3O4. The number of rotatable bonds is 5. The van der Waals surface area contributed by atoms with Crippen molar-refractivity contribution in [2.45, 2.75) is 0 Å². The molecule has 0 bridgehead atoms. The van der Waals surface area contributed by atoms with Gasteiger partial charge in [0.1, 0.15) is 0 Å². The number of pyridine rings is 1. The Hall–Kier alpha value is -3.48. The van der Waals surface area contributed by atoms with Crippen molar-refractivity contribution in [3.05, 3.63) is 66.6 Å². The van der Waals surface area contributed by atoms with E-state index in [1.165, 1.54) is 11.1 Å². The largest absolute Gasteiger partial charge is 0.454 e. The summed E-state index contributed by atoms with van der Waals surface area (Å²) in [5.74, 6) is 0.784. The lowest BCUT2D eigenvalue weighted by atomic mass is 10.1. The summed E-state index contributed by atoms with van der Waals surface area (Å²) in [6.07, 6.45) is 4.47. The molecule has 0 atom stereocenters. The number of aromatic nitrogens is 1. The van der Waals surface area contributed by atoms with Crippen molar-refractivity contribution < 1.29 is 19.1 Å². The summed E-state index contributed by atoms with van der Waals surface area (Å²) in [7, 11) is 1.59. The van der Waals surface area contributed by atoms with Gasteiger partial charge in [-0.15, -0.1) is 0 Å². The number of ether oxygens (including phenoxy) is 2. The van der Waals surface area contributed by atoms with Crippen LogP contribution in [0.4, 0.5) is 0 Å². The van der Waals surface area contributed by atoms with Gasteiger partial charge in [0.25, 0.3) is 5.91 Å². The number of benzene rings is 1. The molecule has 1 aliphatic heterocycles. The molecule has 0 unspecified atom stereocenters. The summed E-state index contributed by atoms with van der Waals surface area (Å²) in [6.45, 7) is 6.51. The van der Waals surface area contributed by atoms with Gasteiger partial charge in [-0.25, -0.2) is 0 Å². The van der Waals surface area contributed by atoms with Crippen LogP contribution in [0.15, 0.2) is 60.5 Å². The summed E-state index contributed by atoms with van der Waals surface area (Å²) in [5, 5.41) is 0. The van der Waals surface area contributed by atoms with Crippen LogP contribution in [0.3, 0.4) is 0 Å². The Kier molecular flexibility index (Phi) is 6.61. The number of aliphatic imine (C=N–C) groups is 1. The average Bonchev–Trinajstić information content (AvgIpc) is 3.16. The van der Waals surface area contributed by atoms with Gasteiger partial charge in [-0.1, -0.05) is 6.58 Å². The number of hydrogen-bond donors (Lipinski definition) is 0. The van der Waals surface area contributed by atoms with Crippen LogP contribution in [-0.4, -0.2) is 48.7 Å². The minimum atomic E-state index is -0.225. The molecule has 2 aromatic rings. The zero-order valence-corrected chi connectivity index (χ0v) is 14.4. The maximum absolute atomic E-state index is 12.3. The normalized spacial score (nSPS) is 11.0. The van der Waals surface area contributed by atoms with Gasteiger partial charge in [-0.05, 0) is 37.0 Å². The van der Waals surface area contributed by atoms with E-state index in [1.54, 1.807) is 49.8 Å². The maximum Gasteiger partial charge on any atom is 0.254 e. The number of ketones is 1. The predicted octanol–water partition coefficient (Wildman–Crippen LogP) is 2.60. The Labute approximate surface area is 151 Å². The van der Waals surface area contributed by atoms with Gasteiger partial charge < -0.3 is 14.4 Å². The summed E-state index contributed by atoms with van der Waals surface area (Å²) in [6, 6.07) is 8.23. The van der Waals surface area contributed by atoms with Crippen LogP contribution < -0.4 is 9.47 Å². The Morgan fingerprint density at radius 1 is 1.19 bits per heavy atom. The third-order valence-corrected chi connectivity index (χ3v) is 3.48. The van der Waals surface area contributed by atoms with E-state index in [0.29, 0.717) is 22.6 Å². The Balaban J connectivity index is 0.000000552. The van der Waals surface area contributed by atoms with Crippen molar-refractivity contribution in [1.82, 2.24) is 9.88 Å². The highest BCUT2D eigenvalue weighted by Crippen LogP contribution is 2.32.